The maximum absolute atomic E-state index is 12.1. The summed E-state index contributed by atoms with van der Waals surface area (Å²) in [4.78, 5) is 37.8. The maximum Gasteiger partial charge on any atom is 0.317 e. The van der Waals surface area contributed by atoms with Gasteiger partial charge in [0.25, 0.3) is 0 Å². The number of aliphatic carboxylic acids is 1. The maximum atomic E-state index is 12.1. The minimum atomic E-state index is -0.937. The Morgan fingerprint density at radius 1 is 1.40 bits per heavy atom. The molecule has 20 heavy (non-hydrogen) atoms. The molecule has 0 aromatic heterocycles. The van der Waals surface area contributed by atoms with Crippen molar-refractivity contribution in [3.63, 3.8) is 0 Å². The Kier molecular flexibility index (Phi) is 4.01. The third-order valence-corrected chi connectivity index (χ3v) is 4.01. The summed E-state index contributed by atoms with van der Waals surface area (Å²) in [6.45, 7) is 5.22. The van der Waals surface area contributed by atoms with Crippen LogP contribution in [0.3, 0.4) is 0 Å². The van der Waals surface area contributed by atoms with E-state index in [1.54, 1.807) is 23.6 Å². The number of nitrogens with zero attached hydrogens (tertiary/aromatic N) is 2. The van der Waals surface area contributed by atoms with E-state index in [4.69, 9.17) is 5.11 Å². The average Bonchev–Trinajstić information content (AvgIpc) is 2.78. The van der Waals surface area contributed by atoms with Crippen molar-refractivity contribution in [1.29, 1.82) is 0 Å². The van der Waals surface area contributed by atoms with Gasteiger partial charge in [0.1, 0.15) is 0 Å². The van der Waals surface area contributed by atoms with E-state index in [2.05, 4.69) is 10.6 Å². The van der Waals surface area contributed by atoms with E-state index in [0.29, 0.717) is 26.2 Å². The molecule has 0 saturated carbocycles. The smallest absolute Gasteiger partial charge is 0.317 e. The first-order valence-corrected chi connectivity index (χ1v) is 6.73. The molecule has 0 spiro atoms. The summed E-state index contributed by atoms with van der Waals surface area (Å²) in [5.74, 6) is -1.58. The average molecular weight is 284 g/mol. The van der Waals surface area contributed by atoms with E-state index in [0.717, 1.165) is 0 Å². The van der Waals surface area contributed by atoms with Gasteiger partial charge in [-0.1, -0.05) is 0 Å². The zero-order chi connectivity index (χ0) is 14.9. The molecule has 0 aliphatic carbocycles. The number of carboxylic acid groups (broad SMARTS) is 1. The van der Waals surface area contributed by atoms with Crippen LogP contribution < -0.4 is 10.6 Å². The van der Waals surface area contributed by atoms with Crippen LogP contribution >= 0.6 is 0 Å². The van der Waals surface area contributed by atoms with E-state index < -0.39 is 17.9 Å². The highest BCUT2D eigenvalue weighted by atomic mass is 16.4. The Hall–Kier alpha value is -1.99. The molecule has 2 aliphatic heterocycles. The molecular weight excluding hydrogens is 264 g/mol. The molecule has 0 radical (unpaired) electrons. The van der Waals surface area contributed by atoms with Gasteiger partial charge < -0.3 is 25.5 Å². The molecule has 8 nitrogen and oxygen atoms in total. The predicted molar refractivity (Wildman–Crippen MR) is 70.3 cm³/mol. The van der Waals surface area contributed by atoms with Crippen molar-refractivity contribution >= 4 is 18.0 Å². The second kappa shape index (κ2) is 5.56. The number of hydrogen-bond acceptors (Lipinski definition) is 3. The molecule has 2 aliphatic rings. The molecule has 0 bridgehead atoms. The summed E-state index contributed by atoms with van der Waals surface area (Å²) in [6.07, 6.45) is 0. The zero-order valence-electron chi connectivity index (χ0n) is 11.6. The zero-order valence-corrected chi connectivity index (χ0v) is 11.6. The lowest BCUT2D eigenvalue weighted by molar-refractivity contribution is -0.141. The Labute approximate surface area is 117 Å². The van der Waals surface area contributed by atoms with Gasteiger partial charge in [-0.2, -0.15) is 0 Å². The second-order valence-corrected chi connectivity index (χ2v) is 5.34. The molecule has 4 amide bonds. The van der Waals surface area contributed by atoms with Gasteiger partial charge >= 0.3 is 18.0 Å². The number of urea groups is 2. The quantitative estimate of drug-likeness (QED) is 0.651. The first-order valence-electron chi connectivity index (χ1n) is 6.73. The largest absolute Gasteiger partial charge is 0.481 e. The highest BCUT2D eigenvalue weighted by Gasteiger charge is 2.37. The third kappa shape index (κ3) is 2.78. The van der Waals surface area contributed by atoms with Crippen LogP contribution in [0.25, 0.3) is 0 Å². The molecule has 3 atom stereocenters. The monoisotopic (exact) mass is 284 g/mol. The molecule has 2 saturated heterocycles. The Balaban J connectivity index is 1.88. The molecular formula is C12H20N4O4. The number of fused-ring (bicyclic) bond motifs is 1. The SMILES string of the molecule is CC(NC(=O)N1CCN2C(=O)NCC2C1)C(C)C(=O)O. The highest BCUT2D eigenvalue weighted by Crippen LogP contribution is 2.14. The van der Waals surface area contributed by atoms with E-state index in [1.807, 2.05) is 0 Å². The van der Waals surface area contributed by atoms with Crippen molar-refractivity contribution in [2.75, 3.05) is 26.2 Å². The van der Waals surface area contributed by atoms with E-state index >= 15 is 0 Å². The molecule has 2 rings (SSSR count). The van der Waals surface area contributed by atoms with Gasteiger partial charge in [0, 0.05) is 32.2 Å². The number of piperazine rings is 1. The lowest BCUT2D eigenvalue weighted by Gasteiger charge is -2.37. The van der Waals surface area contributed by atoms with Crippen molar-refractivity contribution in [2.24, 2.45) is 5.92 Å². The van der Waals surface area contributed by atoms with Crippen molar-refractivity contribution in [2.45, 2.75) is 25.9 Å². The number of carbonyl (C=O) groups excluding carboxylic acids is 2. The lowest BCUT2D eigenvalue weighted by Crippen LogP contribution is -2.57. The van der Waals surface area contributed by atoms with Crippen molar-refractivity contribution in [1.82, 2.24) is 20.4 Å². The van der Waals surface area contributed by atoms with Crippen molar-refractivity contribution in [3.05, 3.63) is 0 Å². The fourth-order valence-electron chi connectivity index (χ4n) is 2.41. The van der Waals surface area contributed by atoms with Gasteiger partial charge in [0.2, 0.25) is 0 Å². The Morgan fingerprint density at radius 2 is 2.10 bits per heavy atom. The minimum absolute atomic E-state index is 0.00852. The lowest BCUT2D eigenvalue weighted by atomic mass is 10.0. The number of rotatable bonds is 3. The fraction of sp³-hybridized carbons (Fsp3) is 0.750. The summed E-state index contributed by atoms with van der Waals surface area (Å²) in [6, 6.07) is -0.789. The second-order valence-electron chi connectivity index (χ2n) is 5.34. The van der Waals surface area contributed by atoms with Crippen LogP contribution in [0.2, 0.25) is 0 Å². The summed E-state index contributed by atoms with van der Waals surface area (Å²) in [5.41, 5.74) is 0. The van der Waals surface area contributed by atoms with Crippen LogP contribution in [0.4, 0.5) is 9.59 Å². The fourth-order valence-corrected chi connectivity index (χ4v) is 2.41. The van der Waals surface area contributed by atoms with Gasteiger partial charge in [-0.25, -0.2) is 9.59 Å². The standard InChI is InChI=1S/C12H20N4O4/c1-7(10(17)18)8(2)14-12(20)15-3-4-16-9(6-15)5-13-11(16)19/h7-9H,3-6H2,1-2H3,(H,13,19)(H,14,20)(H,17,18). The van der Waals surface area contributed by atoms with Gasteiger partial charge in [0.05, 0.1) is 12.0 Å². The van der Waals surface area contributed by atoms with E-state index in [-0.39, 0.29) is 18.1 Å². The molecule has 3 N–H and O–H groups in total. The van der Waals surface area contributed by atoms with E-state index in [9.17, 15) is 14.4 Å². The Morgan fingerprint density at radius 3 is 2.75 bits per heavy atom. The minimum Gasteiger partial charge on any atom is -0.481 e. The van der Waals surface area contributed by atoms with Crippen LogP contribution in [0.15, 0.2) is 0 Å². The number of carboxylic acids is 1. The van der Waals surface area contributed by atoms with Crippen LogP contribution in [-0.2, 0) is 4.79 Å². The molecule has 0 aromatic rings. The van der Waals surface area contributed by atoms with E-state index in [1.165, 1.54) is 0 Å². The predicted octanol–water partition coefficient (Wildman–Crippen LogP) is -0.485. The van der Waals surface area contributed by atoms with Gasteiger partial charge in [-0.05, 0) is 13.8 Å². The number of amides is 4. The number of nitrogens with one attached hydrogen (secondary N) is 2. The Bertz CT molecular complexity index is 428. The third-order valence-electron chi connectivity index (χ3n) is 4.01. The molecule has 112 valence electrons. The molecule has 3 unspecified atom stereocenters. The molecule has 8 heteroatoms. The van der Waals surface area contributed by atoms with Crippen LogP contribution in [-0.4, -0.2) is 71.2 Å². The number of hydrogen-bond donors (Lipinski definition) is 3. The topological polar surface area (TPSA) is 102 Å². The molecule has 2 fully saturated rings. The van der Waals surface area contributed by atoms with Gasteiger partial charge in [0.15, 0.2) is 0 Å². The van der Waals surface area contributed by atoms with Crippen LogP contribution in [0.5, 0.6) is 0 Å². The van der Waals surface area contributed by atoms with Gasteiger partial charge in [-0.15, -0.1) is 0 Å². The molecule has 2 heterocycles. The van der Waals surface area contributed by atoms with Crippen molar-refractivity contribution < 1.29 is 19.5 Å². The highest BCUT2D eigenvalue weighted by molar-refractivity contribution is 5.79. The summed E-state index contributed by atoms with van der Waals surface area (Å²) < 4.78 is 0. The number of carbonyl (C=O) groups is 3. The summed E-state index contributed by atoms with van der Waals surface area (Å²) in [5, 5.41) is 14.4. The van der Waals surface area contributed by atoms with Gasteiger partial charge in [-0.3, -0.25) is 4.79 Å². The normalized spacial score (nSPS) is 24.7. The first-order chi connectivity index (χ1) is 9.40. The van der Waals surface area contributed by atoms with Crippen LogP contribution in [0.1, 0.15) is 13.8 Å². The first kappa shape index (κ1) is 14.4. The summed E-state index contributed by atoms with van der Waals surface area (Å²) >= 11 is 0. The summed E-state index contributed by atoms with van der Waals surface area (Å²) in [7, 11) is 0. The molecule has 0 aromatic carbocycles. The van der Waals surface area contributed by atoms with Crippen LogP contribution in [0, 0.1) is 5.92 Å². The van der Waals surface area contributed by atoms with Crippen molar-refractivity contribution in [3.8, 4) is 0 Å².